The summed E-state index contributed by atoms with van der Waals surface area (Å²) in [5, 5.41) is 18.0. The molecule has 7 heteroatoms. The van der Waals surface area contributed by atoms with E-state index in [-0.39, 0.29) is 33.0 Å². The smallest absolute Gasteiger partial charge is 0.335 e. The Morgan fingerprint density at radius 3 is 1.87 bits per heavy atom. The van der Waals surface area contributed by atoms with Crippen molar-refractivity contribution < 1.29 is 34.0 Å². The highest BCUT2D eigenvalue weighted by molar-refractivity contribution is 5.77. The fourth-order valence-corrected chi connectivity index (χ4v) is 2.14. The van der Waals surface area contributed by atoms with E-state index in [2.05, 4.69) is 0 Å². The van der Waals surface area contributed by atoms with Gasteiger partial charge in [0, 0.05) is 0 Å². The lowest BCUT2D eigenvalue weighted by molar-refractivity contribution is -0.171. The number of hydrogen-bond acceptors (Lipinski definition) is 5. The maximum absolute atomic E-state index is 11.7. The Kier molecular flexibility index (Phi) is 12.6. The first-order chi connectivity index (χ1) is 11.0. The van der Waals surface area contributed by atoms with Gasteiger partial charge in [-0.25, -0.2) is 9.59 Å². The summed E-state index contributed by atoms with van der Waals surface area (Å²) in [6, 6.07) is 0. The lowest BCUT2D eigenvalue weighted by Gasteiger charge is -2.29. The normalized spacial score (nSPS) is 11.6. The highest BCUT2D eigenvalue weighted by Crippen LogP contribution is 2.26. The van der Waals surface area contributed by atoms with Gasteiger partial charge in [-0.05, 0) is 12.8 Å². The van der Waals surface area contributed by atoms with Crippen LogP contribution in [0.15, 0.2) is 0 Å². The van der Waals surface area contributed by atoms with Crippen molar-refractivity contribution in [3.05, 3.63) is 0 Å². The molecule has 0 amide bonds. The van der Waals surface area contributed by atoms with Gasteiger partial charge in [-0.2, -0.15) is 0 Å². The Bertz CT molecular complexity index is 322. The predicted molar refractivity (Wildman–Crippen MR) is 84.6 cm³/mol. The van der Waals surface area contributed by atoms with Crippen LogP contribution < -0.4 is 0 Å². The van der Waals surface area contributed by atoms with Crippen LogP contribution in [0.3, 0.4) is 0 Å². The molecule has 0 aromatic heterocycles. The van der Waals surface area contributed by atoms with Crippen LogP contribution in [0.25, 0.3) is 0 Å². The van der Waals surface area contributed by atoms with Gasteiger partial charge < -0.3 is 24.4 Å². The third-order valence-electron chi connectivity index (χ3n) is 3.46. The van der Waals surface area contributed by atoms with Crippen molar-refractivity contribution in [3.63, 3.8) is 0 Å². The van der Waals surface area contributed by atoms with E-state index in [9.17, 15) is 14.7 Å². The summed E-state index contributed by atoms with van der Waals surface area (Å²) in [5.41, 5.74) is -1.13. The summed E-state index contributed by atoms with van der Waals surface area (Å²) in [4.78, 5) is 21.9. The van der Waals surface area contributed by atoms with E-state index in [0.717, 1.165) is 25.7 Å². The monoisotopic (exact) mass is 334 g/mol. The van der Waals surface area contributed by atoms with Crippen molar-refractivity contribution in [2.24, 2.45) is 0 Å². The average Bonchev–Trinajstić information content (AvgIpc) is 2.51. The zero-order chi connectivity index (χ0) is 17.6. The molecule has 0 atom stereocenters. The summed E-state index contributed by atoms with van der Waals surface area (Å²) in [6.45, 7) is 4.57. The first-order valence-corrected chi connectivity index (χ1v) is 8.23. The zero-order valence-corrected chi connectivity index (χ0v) is 14.2. The van der Waals surface area contributed by atoms with E-state index < -0.39 is 17.5 Å². The van der Waals surface area contributed by atoms with Gasteiger partial charge >= 0.3 is 11.9 Å². The molecule has 0 aliphatic rings. The molecule has 0 heterocycles. The molecule has 136 valence electrons. The predicted octanol–water partition coefficient (Wildman–Crippen LogP) is 2.32. The van der Waals surface area contributed by atoms with Crippen molar-refractivity contribution in [1.82, 2.24) is 0 Å². The molecule has 0 fully saturated rings. The minimum absolute atomic E-state index is 0.183. The second-order valence-electron chi connectivity index (χ2n) is 5.41. The van der Waals surface area contributed by atoms with Crippen molar-refractivity contribution >= 4 is 11.9 Å². The largest absolute Gasteiger partial charge is 0.480 e. The zero-order valence-electron chi connectivity index (χ0n) is 14.2. The highest BCUT2D eigenvalue weighted by atomic mass is 16.6. The van der Waals surface area contributed by atoms with Crippen molar-refractivity contribution in [2.75, 3.05) is 33.0 Å². The Balaban J connectivity index is 4.12. The fraction of sp³-hybridized carbons (Fsp3) is 0.875. The Morgan fingerprint density at radius 2 is 1.39 bits per heavy atom. The first kappa shape index (κ1) is 21.8. The molecular weight excluding hydrogens is 304 g/mol. The summed E-state index contributed by atoms with van der Waals surface area (Å²) in [7, 11) is 0. The third kappa shape index (κ3) is 10.3. The van der Waals surface area contributed by atoms with Crippen molar-refractivity contribution in [1.29, 1.82) is 0 Å². The molecule has 0 aromatic carbocycles. The van der Waals surface area contributed by atoms with E-state index >= 15 is 0 Å². The number of aliphatic carboxylic acids is 2. The van der Waals surface area contributed by atoms with Crippen LogP contribution in [0, 0.1) is 0 Å². The van der Waals surface area contributed by atoms with Crippen molar-refractivity contribution in [2.45, 2.75) is 58.0 Å². The molecule has 0 bridgehead atoms. The molecule has 2 N–H and O–H groups in total. The number of carboxylic acid groups (broad SMARTS) is 2. The number of ether oxygens (including phenoxy) is 3. The number of rotatable bonds is 16. The fourth-order valence-electron chi connectivity index (χ4n) is 2.14. The number of unbranched alkanes of at least 4 members (excludes halogenated alkanes) is 2. The second kappa shape index (κ2) is 13.3. The minimum atomic E-state index is -1.13. The lowest BCUT2D eigenvalue weighted by atomic mass is 9.90. The Morgan fingerprint density at radius 1 is 0.870 bits per heavy atom. The molecule has 0 aliphatic carbocycles. The van der Waals surface area contributed by atoms with Crippen LogP contribution >= 0.6 is 0 Å². The van der Waals surface area contributed by atoms with Crippen molar-refractivity contribution in [3.8, 4) is 0 Å². The Hall–Kier alpha value is -1.18. The van der Waals surface area contributed by atoms with Crippen LogP contribution in [0.2, 0.25) is 0 Å². The molecule has 0 spiro atoms. The molecule has 23 heavy (non-hydrogen) atoms. The molecule has 0 unspecified atom stereocenters. The molecule has 0 aliphatic heterocycles. The molecule has 0 aromatic rings. The van der Waals surface area contributed by atoms with E-state index in [0.29, 0.717) is 12.8 Å². The lowest BCUT2D eigenvalue weighted by Crippen LogP contribution is -2.42. The standard InChI is InChI=1S/C16H30O7/c1-3-5-7-16(15(19)20,8-6-4-2)23-12-11-21-9-10-22-13-14(17)18/h3-13H2,1-2H3,(H,17,18)(H,19,20). The maximum Gasteiger partial charge on any atom is 0.335 e. The second-order valence-corrected chi connectivity index (χ2v) is 5.41. The summed E-state index contributed by atoms with van der Waals surface area (Å²) in [6.07, 6.45) is 4.45. The van der Waals surface area contributed by atoms with Gasteiger partial charge in [-0.3, -0.25) is 0 Å². The first-order valence-electron chi connectivity index (χ1n) is 8.23. The van der Waals surface area contributed by atoms with Gasteiger partial charge in [-0.1, -0.05) is 39.5 Å². The van der Waals surface area contributed by atoms with E-state index in [4.69, 9.17) is 19.3 Å². The maximum atomic E-state index is 11.7. The quantitative estimate of drug-likeness (QED) is 0.418. The molecule has 0 saturated carbocycles. The van der Waals surface area contributed by atoms with Gasteiger partial charge in [0.15, 0.2) is 5.60 Å². The van der Waals surface area contributed by atoms with E-state index in [1.54, 1.807) is 0 Å². The topological polar surface area (TPSA) is 102 Å². The Labute approximate surface area is 137 Å². The SMILES string of the molecule is CCCCC(CCCC)(OCCOCCOCC(=O)O)C(=O)O. The highest BCUT2D eigenvalue weighted by Gasteiger charge is 2.38. The van der Waals surface area contributed by atoms with Gasteiger partial charge in [0.25, 0.3) is 0 Å². The molecule has 0 rings (SSSR count). The molecule has 0 radical (unpaired) electrons. The van der Waals surface area contributed by atoms with Crippen LogP contribution in [0.5, 0.6) is 0 Å². The number of hydrogen-bond donors (Lipinski definition) is 2. The third-order valence-corrected chi connectivity index (χ3v) is 3.46. The van der Waals surface area contributed by atoms with Crippen LogP contribution in [-0.2, 0) is 23.8 Å². The minimum Gasteiger partial charge on any atom is -0.480 e. The molecule has 7 nitrogen and oxygen atoms in total. The van der Waals surface area contributed by atoms with Crippen LogP contribution in [0.1, 0.15) is 52.4 Å². The summed E-state index contributed by atoms with van der Waals surface area (Å²) in [5.74, 6) is -1.93. The van der Waals surface area contributed by atoms with E-state index in [1.165, 1.54) is 0 Å². The van der Waals surface area contributed by atoms with Gasteiger partial charge in [0.05, 0.1) is 26.4 Å². The van der Waals surface area contributed by atoms with Crippen LogP contribution in [-0.4, -0.2) is 60.8 Å². The number of carboxylic acids is 2. The van der Waals surface area contributed by atoms with Crippen LogP contribution in [0.4, 0.5) is 0 Å². The molecular formula is C16H30O7. The van der Waals surface area contributed by atoms with Gasteiger partial charge in [-0.15, -0.1) is 0 Å². The van der Waals surface area contributed by atoms with E-state index in [1.807, 2.05) is 13.8 Å². The summed E-state index contributed by atoms with van der Waals surface area (Å²) < 4.78 is 15.8. The summed E-state index contributed by atoms with van der Waals surface area (Å²) >= 11 is 0. The average molecular weight is 334 g/mol. The number of carbonyl (C=O) groups is 2. The van der Waals surface area contributed by atoms with Gasteiger partial charge in [0.2, 0.25) is 0 Å². The molecule has 0 saturated heterocycles. The van der Waals surface area contributed by atoms with Gasteiger partial charge in [0.1, 0.15) is 6.61 Å².